The summed E-state index contributed by atoms with van der Waals surface area (Å²) in [6, 6.07) is 7.47. The van der Waals surface area contributed by atoms with Gasteiger partial charge in [-0.2, -0.15) is 4.98 Å². The van der Waals surface area contributed by atoms with Crippen molar-refractivity contribution in [1.29, 1.82) is 0 Å². The summed E-state index contributed by atoms with van der Waals surface area (Å²) in [7, 11) is 3.89. The van der Waals surface area contributed by atoms with E-state index in [9.17, 15) is 9.59 Å². The average Bonchev–Trinajstić information content (AvgIpc) is 3.28. The molecule has 3 rings (SSSR count). The number of aromatic nitrogens is 1. The third-order valence-electron chi connectivity index (χ3n) is 3.56. The Morgan fingerprint density at radius 3 is 2.48 bits per heavy atom. The molecule has 2 amide bonds. The van der Waals surface area contributed by atoms with Gasteiger partial charge >= 0.3 is 6.01 Å². The SMILES string of the molecule is CN(C)c1ccc(NC(=O)c2coc(NC(=O)C3CC3)n2)cc1. The summed E-state index contributed by atoms with van der Waals surface area (Å²) in [5.74, 6) is -0.453. The number of amides is 2. The van der Waals surface area contributed by atoms with Gasteiger partial charge in [0.15, 0.2) is 5.69 Å². The summed E-state index contributed by atoms with van der Waals surface area (Å²) >= 11 is 0. The van der Waals surface area contributed by atoms with Gasteiger partial charge < -0.3 is 14.6 Å². The summed E-state index contributed by atoms with van der Waals surface area (Å²) < 4.78 is 5.11. The van der Waals surface area contributed by atoms with Crippen LogP contribution in [0.2, 0.25) is 0 Å². The van der Waals surface area contributed by atoms with E-state index < -0.39 is 5.91 Å². The number of benzene rings is 1. The molecule has 1 aliphatic carbocycles. The van der Waals surface area contributed by atoms with E-state index in [-0.39, 0.29) is 23.5 Å². The third-order valence-corrected chi connectivity index (χ3v) is 3.56. The molecule has 0 bridgehead atoms. The lowest BCUT2D eigenvalue weighted by atomic mass is 10.2. The Hall–Kier alpha value is -2.83. The smallest absolute Gasteiger partial charge is 0.302 e. The van der Waals surface area contributed by atoms with Crippen LogP contribution in [0.15, 0.2) is 34.9 Å². The van der Waals surface area contributed by atoms with Crippen LogP contribution >= 0.6 is 0 Å². The van der Waals surface area contributed by atoms with Crippen LogP contribution in [0.3, 0.4) is 0 Å². The van der Waals surface area contributed by atoms with Crippen LogP contribution in [-0.2, 0) is 4.79 Å². The lowest BCUT2D eigenvalue weighted by Gasteiger charge is -2.12. The summed E-state index contributed by atoms with van der Waals surface area (Å²) in [5, 5.41) is 5.29. The number of anilines is 3. The van der Waals surface area contributed by atoms with Gasteiger partial charge in [-0.15, -0.1) is 0 Å². The quantitative estimate of drug-likeness (QED) is 0.884. The molecule has 2 aromatic rings. The first kappa shape index (κ1) is 15.1. The molecule has 1 saturated carbocycles. The van der Waals surface area contributed by atoms with E-state index >= 15 is 0 Å². The van der Waals surface area contributed by atoms with Crippen LogP contribution < -0.4 is 15.5 Å². The Morgan fingerprint density at radius 2 is 1.87 bits per heavy atom. The van der Waals surface area contributed by atoms with Crippen LogP contribution in [0.25, 0.3) is 0 Å². The second-order valence-corrected chi connectivity index (χ2v) is 5.70. The van der Waals surface area contributed by atoms with E-state index in [4.69, 9.17) is 4.42 Å². The Balaban J connectivity index is 1.61. The fourth-order valence-corrected chi connectivity index (χ4v) is 2.03. The Kier molecular flexibility index (Phi) is 4.01. The van der Waals surface area contributed by atoms with E-state index in [2.05, 4.69) is 15.6 Å². The fourth-order valence-electron chi connectivity index (χ4n) is 2.03. The zero-order valence-electron chi connectivity index (χ0n) is 13.0. The molecule has 1 heterocycles. The number of hydrogen-bond donors (Lipinski definition) is 2. The predicted molar refractivity (Wildman–Crippen MR) is 86.6 cm³/mol. The molecule has 1 aliphatic rings. The molecular formula is C16H18N4O3. The Morgan fingerprint density at radius 1 is 1.17 bits per heavy atom. The van der Waals surface area contributed by atoms with Crippen molar-refractivity contribution < 1.29 is 14.0 Å². The molecule has 0 aliphatic heterocycles. The predicted octanol–water partition coefficient (Wildman–Crippen LogP) is 2.34. The van der Waals surface area contributed by atoms with Crippen LogP contribution in [0.5, 0.6) is 0 Å². The van der Waals surface area contributed by atoms with E-state index in [1.165, 1.54) is 6.26 Å². The van der Waals surface area contributed by atoms with Crippen molar-refractivity contribution in [2.75, 3.05) is 29.6 Å². The molecule has 0 atom stereocenters. The Labute approximate surface area is 133 Å². The first-order valence-electron chi connectivity index (χ1n) is 7.38. The van der Waals surface area contributed by atoms with Crippen LogP contribution in [-0.4, -0.2) is 30.9 Å². The minimum absolute atomic E-state index is 0.0504. The van der Waals surface area contributed by atoms with Crippen molar-refractivity contribution in [1.82, 2.24) is 4.98 Å². The highest BCUT2D eigenvalue weighted by molar-refractivity contribution is 6.03. The van der Waals surface area contributed by atoms with Crippen molar-refractivity contribution in [2.24, 2.45) is 5.92 Å². The summed E-state index contributed by atoms with van der Waals surface area (Å²) in [6.45, 7) is 0. The van der Waals surface area contributed by atoms with E-state index in [1.54, 1.807) is 0 Å². The fraction of sp³-hybridized carbons (Fsp3) is 0.312. The normalized spacial score (nSPS) is 13.5. The van der Waals surface area contributed by atoms with Crippen molar-refractivity contribution in [3.05, 3.63) is 36.2 Å². The zero-order chi connectivity index (χ0) is 16.4. The summed E-state index contributed by atoms with van der Waals surface area (Å²) in [4.78, 5) is 29.7. The highest BCUT2D eigenvalue weighted by Gasteiger charge is 2.30. The van der Waals surface area contributed by atoms with Crippen molar-refractivity contribution in [2.45, 2.75) is 12.8 Å². The Bertz CT molecular complexity index is 717. The average molecular weight is 314 g/mol. The van der Waals surface area contributed by atoms with Gasteiger partial charge in [-0.05, 0) is 37.1 Å². The highest BCUT2D eigenvalue weighted by atomic mass is 16.4. The molecule has 1 aromatic carbocycles. The lowest BCUT2D eigenvalue weighted by Crippen LogP contribution is -2.15. The molecule has 0 spiro atoms. The number of nitrogens with one attached hydrogen (secondary N) is 2. The molecule has 1 aromatic heterocycles. The van der Waals surface area contributed by atoms with Gasteiger partial charge in [0.05, 0.1) is 0 Å². The van der Waals surface area contributed by atoms with Crippen molar-refractivity contribution in [3.8, 4) is 0 Å². The standard InChI is InChI=1S/C16H18N4O3/c1-20(2)12-7-5-11(6-8-12)17-15(22)13-9-23-16(18-13)19-14(21)10-3-4-10/h5-10H,3-4H2,1-2H3,(H,17,22)(H,18,19,21). The monoisotopic (exact) mass is 314 g/mol. The van der Waals surface area contributed by atoms with Gasteiger partial charge in [-0.25, -0.2) is 0 Å². The second-order valence-electron chi connectivity index (χ2n) is 5.70. The summed E-state index contributed by atoms with van der Waals surface area (Å²) in [6.07, 6.45) is 3.01. The maximum atomic E-state index is 12.1. The molecule has 0 saturated heterocycles. The molecule has 0 unspecified atom stereocenters. The maximum absolute atomic E-state index is 12.1. The van der Waals surface area contributed by atoms with Gasteiger partial charge in [0.1, 0.15) is 6.26 Å². The van der Waals surface area contributed by atoms with E-state index in [0.29, 0.717) is 5.69 Å². The number of nitrogens with zero attached hydrogens (tertiary/aromatic N) is 2. The highest BCUT2D eigenvalue weighted by Crippen LogP contribution is 2.30. The molecule has 7 heteroatoms. The van der Waals surface area contributed by atoms with Gasteiger partial charge in [-0.3, -0.25) is 14.9 Å². The minimum atomic E-state index is -0.390. The molecular weight excluding hydrogens is 296 g/mol. The molecule has 2 N–H and O–H groups in total. The first-order valence-corrected chi connectivity index (χ1v) is 7.38. The molecule has 7 nitrogen and oxygen atoms in total. The van der Waals surface area contributed by atoms with Gasteiger partial charge in [0.25, 0.3) is 5.91 Å². The minimum Gasteiger partial charge on any atom is -0.431 e. The maximum Gasteiger partial charge on any atom is 0.302 e. The number of hydrogen-bond acceptors (Lipinski definition) is 5. The van der Waals surface area contributed by atoms with Gasteiger partial charge in [-0.1, -0.05) is 0 Å². The van der Waals surface area contributed by atoms with Crippen molar-refractivity contribution in [3.63, 3.8) is 0 Å². The van der Waals surface area contributed by atoms with E-state index in [0.717, 1.165) is 18.5 Å². The number of carbonyl (C=O) groups is 2. The number of rotatable bonds is 5. The zero-order valence-corrected chi connectivity index (χ0v) is 13.0. The molecule has 1 fully saturated rings. The van der Waals surface area contributed by atoms with Gasteiger partial charge in [0, 0.05) is 31.4 Å². The topological polar surface area (TPSA) is 87.5 Å². The van der Waals surface area contributed by atoms with E-state index in [1.807, 2.05) is 43.3 Å². The number of carbonyl (C=O) groups excluding carboxylic acids is 2. The lowest BCUT2D eigenvalue weighted by molar-refractivity contribution is -0.117. The molecule has 23 heavy (non-hydrogen) atoms. The van der Waals surface area contributed by atoms with Crippen LogP contribution in [0.1, 0.15) is 23.3 Å². The molecule has 120 valence electrons. The van der Waals surface area contributed by atoms with Crippen LogP contribution in [0.4, 0.5) is 17.4 Å². The number of oxazole rings is 1. The second kappa shape index (κ2) is 6.12. The largest absolute Gasteiger partial charge is 0.431 e. The van der Waals surface area contributed by atoms with Gasteiger partial charge in [0.2, 0.25) is 5.91 Å². The third kappa shape index (κ3) is 3.68. The van der Waals surface area contributed by atoms with Crippen molar-refractivity contribution >= 4 is 29.2 Å². The first-order chi connectivity index (χ1) is 11.0. The molecule has 0 radical (unpaired) electrons. The van der Waals surface area contributed by atoms with Crippen LogP contribution in [0, 0.1) is 5.92 Å². The summed E-state index contributed by atoms with van der Waals surface area (Å²) in [5.41, 5.74) is 1.81.